The lowest BCUT2D eigenvalue weighted by Gasteiger charge is -2.20. The molecule has 6 nitrogen and oxygen atoms in total. The van der Waals surface area contributed by atoms with Crippen molar-refractivity contribution in [3.8, 4) is 11.1 Å². The number of carbonyl (C=O) groups is 1. The first-order valence-electron chi connectivity index (χ1n) is 12.6. The van der Waals surface area contributed by atoms with E-state index in [1.165, 1.54) is 11.1 Å². The molecule has 1 aliphatic carbocycles. The Labute approximate surface area is 223 Å². The summed E-state index contributed by atoms with van der Waals surface area (Å²) in [6.07, 6.45) is 1.85. The maximum atomic E-state index is 13.0. The molecule has 1 amide bonds. The summed E-state index contributed by atoms with van der Waals surface area (Å²) in [5, 5.41) is 7.71. The first-order valence-corrected chi connectivity index (χ1v) is 17.1. The number of aryl methyl sites for hydroxylation is 2. The van der Waals surface area contributed by atoms with Gasteiger partial charge in [0.1, 0.15) is 6.73 Å². The maximum absolute atomic E-state index is 13.0. The van der Waals surface area contributed by atoms with Crippen molar-refractivity contribution < 1.29 is 9.53 Å². The molecule has 3 N–H and O–H groups in total. The normalized spacial score (nSPS) is 16.1. The minimum Gasteiger partial charge on any atom is -0.360 e. The van der Waals surface area contributed by atoms with E-state index in [9.17, 15) is 4.79 Å². The highest BCUT2D eigenvalue weighted by Crippen LogP contribution is 2.37. The first kappa shape index (κ1) is 26.8. The van der Waals surface area contributed by atoms with Crippen LogP contribution in [-0.4, -0.2) is 36.4 Å². The second kappa shape index (κ2) is 11.0. The van der Waals surface area contributed by atoms with Crippen LogP contribution in [0.4, 0.5) is 5.69 Å². The second-order valence-electron chi connectivity index (χ2n) is 11.0. The number of rotatable bonds is 9. The van der Waals surface area contributed by atoms with E-state index in [-0.39, 0.29) is 11.8 Å². The van der Waals surface area contributed by atoms with E-state index in [1.807, 2.05) is 41.9 Å². The molecule has 0 aliphatic heterocycles. The standard InChI is InChI=1S/C28H37BrN4O2Si/c1-18-26(19(2)33(32-18)17-35-14-15-36(3,4)5)21-7-11-23(12-8-21)31-28(34)27(30)24-13-9-20-6-10-22(29)16-25(20)24/h6-8,10-12,16,24,27H,9,13-15,17,30H2,1-5H3,(H,31,34)/t24-,27+/m1/s1. The molecular formula is C28H37BrN4O2Si. The average molecular weight is 570 g/mol. The molecule has 0 saturated carbocycles. The Morgan fingerprint density at radius 2 is 1.94 bits per heavy atom. The average Bonchev–Trinajstić information content (AvgIpc) is 3.36. The fourth-order valence-electron chi connectivity index (χ4n) is 4.88. The third kappa shape index (κ3) is 6.17. The number of amides is 1. The fourth-order valence-corrected chi connectivity index (χ4v) is 6.01. The summed E-state index contributed by atoms with van der Waals surface area (Å²) in [5.41, 5.74) is 13.8. The summed E-state index contributed by atoms with van der Waals surface area (Å²) in [7, 11) is -1.11. The van der Waals surface area contributed by atoms with Crippen LogP contribution in [0.5, 0.6) is 0 Å². The Morgan fingerprint density at radius 3 is 2.64 bits per heavy atom. The summed E-state index contributed by atoms with van der Waals surface area (Å²) < 4.78 is 8.86. The van der Waals surface area contributed by atoms with Gasteiger partial charge in [0.25, 0.3) is 0 Å². The molecule has 4 rings (SSSR count). The number of ether oxygens (including phenoxy) is 1. The van der Waals surface area contributed by atoms with E-state index in [1.54, 1.807) is 0 Å². The zero-order valence-electron chi connectivity index (χ0n) is 21.9. The number of halogens is 1. The Bertz CT molecular complexity index is 1230. The summed E-state index contributed by atoms with van der Waals surface area (Å²) in [4.78, 5) is 13.0. The Hall–Kier alpha value is -2.26. The molecule has 0 saturated heterocycles. The Kier molecular flexibility index (Phi) is 8.19. The fraction of sp³-hybridized carbons (Fsp3) is 0.429. The molecule has 2 aromatic carbocycles. The Balaban J connectivity index is 1.40. The summed E-state index contributed by atoms with van der Waals surface area (Å²) >= 11 is 3.54. The summed E-state index contributed by atoms with van der Waals surface area (Å²) in [6, 6.07) is 14.7. The van der Waals surface area contributed by atoms with Gasteiger partial charge in [-0.05, 0) is 73.7 Å². The third-order valence-electron chi connectivity index (χ3n) is 7.00. The van der Waals surface area contributed by atoms with Crippen LogP contribution >= 0.6 is 15.9 Å². The number of aromatic nitrogens is 2. The van der Waals surface area contributed by atoms with Crippen molar-refractivity contribution in [3.63, 3.8) is 0 Å². The largest absolute Gasteiger partial charge is 0.360 e. The predicted octanol–water partition coefficient (Wildman–Crippen LogP) is 6.24. The van der Waals surface area contributed by atoms with Gasteiger partial charge in [-0.3, -0.25) is 4.79 Å². The van der Waals surface area contributed by atoms with E-state index in [0.717, 1.165) is 58.2 Å². The minimum absolute atomic E-state index is 0.0286. The molecule has 0 unspecified atom stereocenters. The molecule has 36 heavy (non-hydrogen) atoms. The number of hydrogen-bond acceptors (Lipinski definition) is 4. The van der Waals surface area contributed by atoms with E-state index >= 15 is 0 Å². The molecule has 0 fully saturated rings. The number of hydrogen-bond donors (Lipinski definition) is 2. The lowest BCUT2D eigenvalue weighted by atomic mass is 9.93. The van der Waals surface area contributed by atoms with Crippen molar-refractivity contribution in [2.24, 2.45) is 5.73 Å². The minimum atomic E-state index is -1.11. The lowest BCUT2D eigenvalue weighted by Crippen LogP contribution is -2.40. The van der Waals surface area contributed by atoms with Gasteiger partial charge >= 0.3 is 0 Å². The van der Waals surface area contributed by atoms with Crippen LogP contribution in [0.2, 0.25) is 25.7 Å². The molecule has 3 aromatic rings. The number of benzene rings is 2. The van der Waals surface area contributed by atoms with E-state index in [0.29, 0.717) is 6.73 Å². The zero-order valence-corrected chi connectivity index (χ0v) is 24.5. The molecule has 1 aromatic heterocycles. The van der Waals surface area contributed by atoms with Gasteiger partial charge in [0.05, 0.1) is 11.7 Å². The quantitative estimate of drug-likeness (QED) is 0.236. The highest BCUT2D eigenvalue weighted by atomic mass is 79.9. The number of carbonyl (C=O) groups excluding carboxylic acids is 1. The molecular weight excluding hydrogens is 532 g/mol. The van der Waals surface area contributed by atoms with Gasteiger partial charge in [-0.15, -0.1) is 0 Å². The molecule has 2 atom stereocenters. The SMILES string of the molecule is Cc1nn(COCC[Si](C)(C)C)c(C)c1-c1ccc(NC(=O)[C@@H](N)[C@@H]2CCc3ccc(Br)cc32)cc1. The highest BCUT2D eigenvalue weighted by Gasteiger charge is 2.32. The Morgan fingerprint density at radius 1 is 1.22 bits per heavy atom. The highest BCUT2D eigenvalue weighted by molar-refractivity contribution is 9.10. The van der Waals surface area contributed by atoms with Gasteiger partial charge in [0, 0.05) is 42.0 Å². The second-order valence-corrected chi connectivity index (χ2v) is 17.5. The van der Waals surface area contributed by atoms with Gasteiger partial charge in [0.15, 0.2) is 0 Å². The van der Waals surface area contributed by atoms with Crippen molar-refractivity contribution >= 4 is 35.6 Å². The van der Waals surface area contributed by atoms with Crippen LogP contribution in [0, 0.1) is 13.8 Å². The van der Waals surface area contributed by atoms with Crippen LogP contribution in [0.25, 0.3) is 11.1 Å². The van der Waals surface area contributed by atoms with E-state index in [4.69, 9.17) is 15.6 Å². The van der Waals surface area contributed by atoms with E-state index in [2.05, 4.69) is 59.9 Å². The predicted molar refractivity (Wildman–Crippen MR) is 153 cm³/mol. The number of nitrogens with zero attached hydrogens (tertiary/aromatic N) is 2. The maximum Gasteiger partial charge on any atom is 0.241 e. The number of nitrogens with one attached hydrogen (secondary N) is 1. The van der Waals surface area contributed by atoms with Crippen LogP contribution in [0.15, 0.2) is 46.9 Å². The summed E-state index contributed by atoms with van der Waals surface area (Å²) in [6.45, 7) is 12.4. The van der Waals surface area contributed by atoms with Crippen LogP contribution in [0.3, 0.4) is 0 Å². The number of anilines is 1. The molecule has 0 bridgehead atoms. The molecule has 0 spiro atoms. The van der Waals surface area contributed by atoms with E-state index < -0.39 is 14.1 Å². The van der Waals surface area contributed by atoms with Crippen LogP contribution in [0.1, 0.15) is 34.9 Å². The number of nitrogens with two attached hydrogens (primary N) is 1. The molecule has 1 heterocycles. The topological polar surface area (TPSA) is 82.2 Å². The lowest BCUT2D eigenvalue weighted by molar-refractivity contribution is -0.117. The zero-order chi connectivity index (χ0) is 26.0. The van der Waals surface area contributed by atoms with Gasteiger partial charge in [-0.25, -0.2) is 4.68 Å². The van der Waals surface area contributed by atoms with Crippen molar-refractivity contribution in [1.82, 2.24) is 9.78 Å². The van der Waals surface area contributed by atoms with Crippen molar-refractivity contribution in [3.05, 3.63) is 69.5 Å². The molecule has 0 radical (unpaired) electrons. The van der Waals surface area contributed by atoms with Crippen LogP contribution in [-0.2, 0) is 22.7 Å². The van der Waals surface area contributed by atoms with Crippen molar-refractivity contribution in [2.75, 3.05) is 11.9 Å². The van der Waals surface area contributed by atoms with Gasteiger partial charge in [0.2, 0.25) is 5.91 Å². The third-order valence-corrected chi connectivity index (χ3v) is 9.20. The van der Waals surface area contributed by atoms with Crippen LogP contribution < -0.4 is 11.1 Å². The molecule has 8 heteroatoms. The number of fused-ring (bicyclic) bond motifs is 1. The monoisotopic (exact) mass is 568 g/mol. The van der Waals surface area contributed by atoms with Crippen molar-refractivity contribution in [2.45, 2.75) is 71.1 Å². The van der Waals surface area contributed by atoms with Gasteiger partial charge in [-0.2, -0.15) is 5.10 Å². The van der Waals surface area contributed by atoms with Gasteiger partial charge in [-0.1, -0.05) is 53.8 Å². The molecule has 192 valence electrons. The van der Waals surface area contributed by atoms with Crippen molar-refractivity contribution in [1.29, 1.82) is 0 Å². The molecule has 1 aliphatic rings. The van der Waals surface area contributed by atoms with Gasteiger partial charge < -0.3 is 15.8 Å². The smallest absolute Gasteiger partial charge is 0.241 e. The first-order chi connectivity index (χ1) is 17.0. The summed E-state index contributed by atoms with van der Waals surface area (Å²) in [5.74, 6) is -0.128.